The Morgan fingerprint density at radius 2 is 1.81 bits per heavy atom. The summed E-state index contributed by atoms with van der Waals surface area (Å²) in [6.07, 6.45) is 9.59. The highest BCUT2D eigenvalue weighted by Crippen LogP contribution is 2.35. The van der Waals surface area contributed by atoms with E-state index in [0.29, 0.717) is 0 Å². The largest absolute Gasteiger partial charge is 0.0802 e. The third kappa shape index (κ3) is 1.63. The highest BCUT2D eigenvalue weighted by Gasteiger charge is 2.26. The van der Waals surface area contributed by atoms with E-state index in [4.69, 9.17) is 0 Å². The van der Waals surface area contributed by atoms with Gasteiger partial charge in [0, 0.05) is 0 Å². The van der Waals surface area contributed by atoms with Gasteiger partial charge in [0.1, 0.15) is 0 Å². The third-order valence-electron chi connectivity index (χ3n) is 3.91. The van der Waals surface area contributed by atoms with Crippen LogP contribution in [0.15, 0.2) is 42.0 Å². The first-order valence-corrected chi connectivity index (χ1v) is 6.17. The Morgan fingerprint density at radius 3 is 2.69 bits per heavy atom. The second-order valence-electron chi connectivity index (χ2n) is 5.28. The van der Waals surface area contributed by atoms with Crippen LogP contribution in [0.1, 0.15) is 23.6 Å². The molecule has 16 heavy (non-hydrogen) atoms. The van der Waals surface area contributed by atoms with Gasteiger partial charge in [0.05, 0.1) is 0 Å². The van der Waals surface area contributed by atoms with Crippen molar-refractivity contribution in [2.75, 3.05) is 0 Å². The average Bonchev–Trinajstić information content (AvgIpc) is 2.26. The predicted molar refractivity (Wildman–Crippen MR) is 68.5 cm³/mol. The summed E-state index contributed by atoms with van der Waals surface area (Å²) < 4.78 is 0. The van der Waals surface area contributed by atoms with Crippen LogP contribution in [0.4, 0.5) is 0 Å². The summed E-state index contributed by atoms with van der Waals surface area (Å²) in [5.74, 6) is 1.47. The fourth-order valence-electron chi connectivity index (χ4n) is 3.02. The van der Waals surface area contributed by atoms with Crippen molar-refractivity contribution in [2.24, 2.45) is 11.8 Å². The zero-order valence-corrected chi connectivity index (χ0v) is 10.0. The molecule has 0 aromatic heterocycles. The summed E-state index contributed by atoms with van der Waals surface area (Å²) >= 11 is 0. The lowest BCUT2D eigenvalue weighted by Crippen LogP contribution is -2.24. The Labute approximate surface area is 97.7 Å². The smallest absolute Gasteiger partial charge is 0.0121 e. The zero-order valence-electron chi connectivity index (χ0n) is 10.0. The molecule has 1 aromatic rings. The molecule has 0 radical (unpaired) electrons. The number of allylic oxidation sites excluding steroid dienone is 4. The van der Waals surface area contributed by atoms with Gasteiger partial charge < -0.3 is 0 Å². The molecule has 82 valence electrons. The molecule has 1 aromatic carbocycles. The average molecular weight is 210 g/mol. The molecule has 0 N–H and O–H groups in total. The lowest BCUT2D eigenvalue weighted by atomic mass is 9.73. The predicted octanol–water partition coefficient (Wildman–Crippen LogP) is 3.84. The van der Waals surface area contributed by atoms with E-state index in [1.165, 1.54) is 24.0 Å². The van der Waals surface area contributed by atoms with Crippen LogP contribution in [0, 0.1) is 18.8 Å². The molecule has 0 bridgehead atoms. The fraction of sp³-hybridized carbons (Fsp3) is 0.375. The van der Waals surface area contributed by atoms with E-state index in [-0.39, 0.29) is 0 Å². The van der Waals surface area contributed by atoms with Gasteiger partial charge in [-0.2, -0.15) is 0 Å². The summed E-state index contributed by atoms with van der Waals surface area (Å²) in [6, 6.07) is 6.93. The van der Waals surface area contributed by atoms with Crippen molar-refractivity contribution in [3.8, 4) is 0 Å². The molecule has 0 aliphatic heterocycles. The second-order valence-corrected chi connectivity index (χ2v) is 5.28. The molecule has 0 heteroatoms. The van der Waals surface area contributed by atoms with Gasteiger partial charge in [0.15, 0.2) is 0 Å². The third-order valence-corrected chi connectivity index (χ3v) is 3.91. The van der Waals surface area contributed by atoms with Crippen molar-refractivity contribution in [3.05, 3.63) is 58.7 Å². The molecular weight excluding hydrogens is 192 g/mol. The van der Waals surface area contributed by atoms with Crippen LogP contribution in [-0.2, 0) is 12.8 Å². The van der Waals surface area contributed by atoms with E-state index in [1.807, 2.05) is 0 Å². The molecule has 0 heterocycles. The minimum absolute atomic E-state index is 0.735. The molecule has 3 rings (SSSR count). The molecule has 0 nitrogen and oxygen atoms in total. The molecule has 0 saturated carbocycles. The first kappa shape index (κ1) is 9.89. The zero-order chi connectivity index (χ0) is 11.1. The van der Waals surface area contributed by atoms with Crippen LogP contribution in [0.2, 0.25) is 0 Å². The Bertz CT molecular complexity index is 477. The van der Waals surface area contributed by atoms with E-state index in [1.54, 1.807) is 11.1 Å². The number of hydrogen-bond donors (Lipinski definition) is 0. The van der Waals surface area contributed by atoms with E-state index in [9.17, 15) is 0 Å². The summed E-state index contributed by atoms with van der Waals surface area (Å²) in [6.45, 7) is 4.40. The molecule has 0 fully saturated rings. The Hall–Kier alpha value is -1.30. The first-order valence-electron chi connectivity index (χ1n) is 6.17. The second kappa shape index (κ2) is 3.62. The molecule has 2 unspecified atom stereocenters. The number of aryl methyl sites for hydroxylation is 1. The van der Waals surface area contributed by atoms with E-state index in [2.05, 4.69) is 50.3 Å². The summed E-state index contributed by atoms with van der Waals surface area (Å²) in [5, 5.41) is 0. The molecule has 2 aliphatic carbocycles. The molecule has 0 spiro atoms. The van der Waals surface area contributed by atoms with Gasteiger partial charge in [-0.1, -0.05) is 47.6 Å². The standard InChI is InChI=1S/C16H18/c1-11-3-5-13-9-14-6-4-12(2)8-16(14)10-15(13)7-11/h3-8,13,15H,9-10H2,1-2H3. The molecular formula is C16H18. The quantitative estimate of drug-likeness (QED) is 0.610. The van der Waals surface area contributed by atoms with Crippen molar-refractivity contribution in [2.45, 2.75) is 26.7 Å². The van der Waals surface area contributed by atoms with Crippen LogP contribution in [-0.4, -0.2) is 0 Å². The minimum Gasteiger partial charge on any atom is -0.0802 e. The maximum absolute atomic E-state index is 2.45. The fourth-order valence-corrected chi connectivity index (χ4v) is 3.02. The molecule has 0 amide bonds. The Kier molecular flexibility index (Phi) is 2.24. The van der Waals surface area contributed by atoms with E-state index >= 15 is 0 Å². The molecule has 0 saturated heterocycles. The van der Waals surface area contributed by atoms with Gasteiger partial charge in [0.25, 0.3) is 0 Å². The number of rotatable bonds is 0. The highest BCUT2D eigenvalue weighted by molar-refractivity contribution is 5.38. The molecule has 2 aliphatic rings. The van der Waals surface area contributed by atoms with E-state index in [0.717, 1.165) is 11.8 Å². The summed E-state index contributed by atoms with van der Waals surface area (Å²) in [4.78, 5) is 0. The van der Waals surface area contributed by atoms with Gasteiger partial charge in [-0.15, -0.1) is 0 Å². The van der Waals surface area contributed by atoms with Crippen molar-refractivity contribution in [1.82, 2.24) is 0 Å². The maximum atomic E-state index is 2.45. The molecule has 2 atom stereocenters. The van der Waals surface area contributed by atoms with Crippen LogP contribution >= 0.6 is 0 Å². The van der Waals surface area contributed by atoms with Gasteiger partial charge in [-0.25, -0.2) is 0 Å². The minimum atomic E-state index is 0.735. The highest BCUT2D eigenvalue weighted by atomic mass is 14.3. The summed E-state index contributed by atoms with van der Waals surface area (Å²) in [5.41, 5.74) is 5.95. The van der Waals surface area contributed by atoms with Crippen LogP contribution < -0.4 is 0 Å². The lowest BCUT2D eigenvalue weighted by Gasteiger charge is -2.32. The first-order chi connectivity index (χ1) is 7.72. The maximum Gasteiger partial charge on any atom is -0.0121 e. The van der Waals surface area contributed by atoms with Gasteiger partial charge >= 0.3 is 0 Å². The van der Waals surface area contributed by atoms with Crippen molar-refractivity contribution < 1.29 is 0 Å². The SMILES string of the molecule is CC1=CC2Cc3cc(C)ccc3CC2C=C1. The van der Waals surface area contributed by atoms with Crippen LogP contribution in [0.5, 0.6) is 0 Å². The van der Waals surface area contributed by atoms with Crippen molar-refractivity contribution in [3.63, 3.8) is 0 Å². The van der Waals surface area contributed by atoms with Crippen LogP contribution in [0.3, 0.4) is 0 Å². The van der Waals surface area contributed by atoms with Crippen LogP contribution in [0.25, 0.3) is 0 Å². The summed E-state index contributed by atoms with van der Waals surface area (Å²) in [7, 11) is 0. The van der Waals surface area contributed by atoms with Gasteiger partial charge in [-0.3, -0.25) is 0 Å². The van der Waals surface area contributed by atoms with Crippen molar-refractivity contribution >= 4 is 0 Å². The lowest BCUT2D eigenvalue weighted by molar-refractivity contribution is 0.435. The van der Waals surface area contributed by atoms with Gasteiger partial charge in [-0.05, 0) is 49.7 Å². The number of benzene rings is 1. The normalized spacial score (nSPS) is 27.0. The van der Waals surface area contributed by atoms with Crippen molar-refractivity contribution in [1.29, 1.82) is 0 Å². The van der Waals surface area contributed by atoms with Gasteiger partial charge in [0.2, 0.25) is 0 Å². The topological polar surface area (TPSA) is 0 Å². The number of fused-ring (bicyclic) bond motifs is 2. The van der Waals surface area contributed by atoms with E-state index < -0.39 is 0 Å². The Balaban J connectivity index is 1.98. The Morgan fingerprint density at radius 1 is 1.00 bits per heavy atom. The monoisotopic (exact) mass is 210 g/mol. The number of hydrogen-bond acceptors (Lipinski definition) is 0.